The molecule has 1 heteroatoms. The van der Waals surface area contributed by atoms with Crippen LogP contribution < -0.4 is 0 Å². The van der Waals surface area contributed by atoms with Gasteiger partial charge in [0.25, 0.3) is 0 Å². The molecule has 0 atom stereocenters. The Labute approximate surface area is 42.9 Å². The molecule has 1 aromatic rings. The molecule has 1 nitrogen and oxygen atoms in total. The van der Waals surface area contributed by atoms with Gasteiger partial charge in [0.1, 0.15) is 0 Å². The molecule has 0 aliphatic heterocycles. The van der Waals surface area contributed by atoms with Crippen LogP contribution in [0.5, 0.6) is 0 Å². The molecule has 0 bridgehead atoms. The summed E-state index contributed by atoms with van der Waals surface area (Å²) in [6.07, 6.45) is 5.62. The summed E-state index contributed by atoms with van der Waals surface area (Å²) in [6.45, 7) is 3.57. The molecule has 0 radical (unpaired) electrons. The lowest BCUT2D eigenvalue weighted by Gasteiger charge is -1.82. The normalized spacial score (nSPS) is 8.57. The molecule has 0 aromatic carbocycles. The molecule has 0 aliphatic carbocycles. The molecular weight excluding hydrogens is 86.1 g/mol. The highest BCUT2D eigenvalue weighted by molar-refractivity contribution is 5.17. The Morgan fingerprint density at radius 1 is 1.29 bits per heavy atom. The summed E-state index contributed by atoms with van der Waals surface area (Å²) in [6, 6.07) is 3.92. The molecule has 0 N–H and O–H groups in total. The van der Waals surface area contributed by atoms with Gasteiger partial charge >= 0.3 is 0 Å². The largest absolute Gasteiger partial charge is 0.331 e. The topological polar surface area (TPSA) is 4.93 Å². The molecule has 1 heterocycles. The van der Waals surface area contributed by atoms with Crippen LogP contribution in [0.4, 0.5) is 0 Å². The summed E-state index contributed by atoms with van der Waals surface area (Å²) in [5.74, 6) is 0. The van der Waals surface area contributed by atoms with Crippen molar-refractivity contribution in [1.82, 2.24) is 4.57 Å². The van der Waals surface area contributed by atoms with Gasteiger partial charge in [-0.25, -0.2) is 0 Å². The van der Waals surface area contributed by atoms with Gasteiger partial charge in [0.15, 0.2) is 0 Å². The Morgan fingerprint density at radius 3 is 2.14 bits per heavy atom. The van der Waals surface area contributed by atoms with Gasteiger partial charge in [-0.05, 0) is 12.1 Å². The number of hydrogen-bond donors (Lipinski definition) is 0. The SMILES string of the molecule is C=Cn1cccc1. The average molecular weight is 93.1 g/mol. The standard InChI is InChI=1S/C6H7N/c1-2-7-5-3-4-6-7/h2-6H,1H2. The highest BCUT2D eigenvalue weighted by atomic mass is 14.9. The fourth-order valence-corrected chi connectivity index (χ4v) is 0.470. The molecule has 7 heavy (non-hydrogen) atoms. The van der Waals surface area contributed by atoms with Gasteiger partial charge in [-0.3, -0.25) is 0 Å². The van der Waals surface area contributed by atoms with E-state index in [0.717, 1.165) is 0 Å². The lowest BCUT2D eigenvalue weighted by atomic mass is 10.7. The summed E-state index contributed by atoms with van der Waals surface area (Å²) < 4.78 is 1.89. The highest BCUT2D eigenvalue weighted by Crippen LogP contribution is 1.86. The first kappa shape index (κ1) is 4.19. The van der Waals surface area contributed by atoms with Crippen molar-refractivity contribution in [3.8, 4) is 0 Å². The van der Waals surface area contributed by atoms with Gasteiger partial charge in [-0.15, -0.1) is 0 Å². The van der Waals surface area contributed by atoms with Crippen molar-refractivity contribution in [2.45, 2.75) is 0 Å². The predicted molar refractivity (Wildman–Crippen MR) is 30.8 cm³/mol. The molecule has 0 saturated heterocycles. The van der Waals surface area contributed by atoms with E-state index >= 15 is 0 Å². The van der Waals surface area contributed by atoms with Crippen molar-refractivity contribution >= 4 is 6.20 Å². The molecule has 1 rings (SSSR count). The molecule has 0 aliphatic rings. The van der Waals surface area contributed by atoms with E-state index in [9.17, 15) is 0 Å². The van der Waals surface area contributed by atoms with Crippen molar-refractivity contribution in [1.29, 1.82) is 0 Å². The zero-order valence-corrected chi connectivity index (χ0v) is 4.04. The smallest absolute Gasteiger partial charge is 0.00822 e. The Morgan fingerprint density at radius 2 is 1.86 bits per heavy atom. The zero-order chi connectivity index (χ0) is 5.11. The maximum absolute atomic E-state index is 3.57. The molecule has 36 valence electrons. The van der Waals surface area contributed by atoms with Crippen LogP contribution >= 0.6 is 0 Å². The minimum absolute atomic E-state index is 1.75. The van der Waals surface area contributed by atoms with Crippen LogP contribution in [0.1, 0.15) is 0 Å². The van der Waals surface area contributed by atoms with Crippen molar-refractivity contribution in [2.75, 3.05) is 0 Å². The van der Waals surface area contributed by atoms with Crippen molar-refractivity contribution in [3.63, 3.8) is 0 Å². The summed E-state index contributed by atoms with van der Waals surface area (Å²) in [4.78, 5) is 0. The fraction of sp³-hybridized carbons (Fsp3) is 0. The predicted octanol–water partition coefficient (Wildman–Crippen LogP) is 1.59. The Hall–Kier alpha value is -0.980. The second-order valence-electron chi connectivity index (χ2n) is 1.31. The van der Waals surface area contributed by atoms with Crippen LogP contribution in [0.15, 0.2) is 31.1 Å². The van der Waals surface area contributed by atoms with Crippen LogP contribution in [-0.4, -0.2) is 4.57 Å². The Balaban J connectivity index is 2.96. The lowest BCUT2D eigenvalue weighted by Crippen LogP contribution is -1.72. The van der Waals surface area contributed by atoms with Gasteiger partial charge in [0.2, 0.25) is 0 Å². The summed E-state index contributed by atoms with van der Waals surface area (Å²) in [5, 5.41) is 0. The quantitative estimate of drug-likeness (QED) is 0.497. The zero-order valence-electron chi connectivity index (χ0n) is 4.04. The van der Waals surface area contributed by atoms with Gasteiger partial charge in [-0.1, -0.05) is 6.58 Å². The average Bonchev–Trinajstić information content (AvgIpc) is 2.14. The molecule has 0 fully saturated rings. The lowest BCUT2D eigenvalue weighted by molar-refractivity contribution is 1.18. The van der Waals surface area contributed by atoms with Crippen LogP contribution in [0.3, 0.4) is 0 Å². The Kier molecular flexibility index (Phi) is 0.984. The van der Waals surface area contributed by atoms with E-state index < -0.39 is 0 Å². The van der Waals surface area contributed by atoms with E-state index in [1.807, 2.05) is 29.1 Å². The van der Waals surface area contributed by atoms with E-state index in [2.05, 4.69) is 6.58 Å². The molecule has 1 aromatic heterocycles. The molecule has 0 amide bonds. The first-order valence-electron chi connectivity index (χ1n) is 2.18. The monoisotopic (exact) mass is 93.1 g/mol. The maximum Gasteiger partial charge on any atom is 0.00822 e. The van der Waals surface area contributed by atoms with E-state index in [-0.39, 0.29) is 0 Å². The summed E-state index contributed by atoms with van der Waals surface area (Å²) >= 11 is 0. The van der Waals surface area contributed by atoms with Gasteiger partial charge < -0.3 is 4.57 Å². The second-order valence-corrected chi connectivity index (χ2v) is 1.31. The third-order valence-corrected chi connectivity index (χ3v) is 0.838. The van der Waals surface area contributed by atoms with Crippen molar-refractivity contribution < 1.29 is 0 Å². The second kappa shape index (κ2) is 1.65. The Bertz CT molecular complexity index is 139. The number of aromatic nitrogens is 1. The summed E-state index contributed by atoms with van der Waals surface area (Å²) in [5.41, 5.74) is 0. The minimum atomic E-state index is 1.75. The van der Waals surface area contributed by atoms with Crippen LogP contribution in [0, 0.1) is 0 Å². The van der Waals surface area contributed by atoms with Crippen molar-refractivity contribution in [3.05, 3.63) is 31.1 Å². The van der Waals surface area contributed by atoms with Gasteiger partial charge in [0, 0.05) is 18.6 Å². The van der Waals surface area contributed by atoms with Gasteiger partial charge in [-0.2, -0.15) is 0 Å². The van der Waals surface area contributed by atoms with E-state index in [0.29, 0.717) is 0 Å². The number of hydrogen-bond acceptors (Lipinski definition) is 0. The van der Waals surface area contributed by atoms with Crippen LogP contribution in [0.2, 0.25) is 0 Å². The molecular formula is C6H7N. The number of nitrogens with zero attached hydrogens (tertiary/aromatic N) is 1. The first-order chi connectivity index (χ1) is 3.43. The van der Waals surface area contributed by atoms with E-state index in [4.69, 9.17) is 0 Å². The maximum atomic E-state index is 3.57. The van der Waals surface area contributed by atoms with E-state index in [1.54, 1.807) is 6.20 Å². The first-order valence-corrected chi connectivity index (χ1v) is 2.18. The molecule has 0 saturated carbocycles. The third kappa shape index (κ3) is 0.712. The van der Waals surface area contributed by atoms with Crippen LogP contribution in [-0.2, 0) is 0 Å². The molecule has 0 unspecified atom stereocenters. The summed E-state index contributed by atoms with van der Waals surface area (Å²) in [7, 11) is 0. The molecule has 0 spiro atoms. The van der Waals surface area contributed by atoms with E-state index in [1.165, 1.54) is 0 Å². The number of rotatable bonds is 1. The fourth-order valence-electron chi connectivity index (χ4n) is 0.470. The highest BCUT2D eigenvalue weighted by Gasteiger charge is 1.71. The van der Waals surface area contributed by atoms with Gasteiger partial charge in [0.05, 0.1) is 0 Å². The van der Waals surface area contributed by atoms with Crippen molar-refractivity contribution in [2.24, 2.45) is 0 Å². The van der Waals surface area contributed by atoms with Crippen LogP contribution in [0.25, 0.3) is 6.20 Å². The third-order valence-electron chi connectivity index (χ3n) is 0.838. The minimum Gasteiger partial charge on any atom is -0.331 e.